The molecule has 0 unspecified atom stereocenters. The van der Waals surface area contributed by atoms with Gasteiger partial charge >= 0.3 is 0 Å². The van der Waals surface area contributed by atoms with Gasteiger partial charge in [0.2, 0.25) is 5.96 Å². The minimum Gasteiger partial charge on any atom is -0.496 e. The van der Waals surface area contributed by atoms with Crippen molar-refractivity contribution in [3.05, 3.63) is 90.6 Å². The van der Waals surface area contributed by atoms with Crippen LogP contribution in [0.3, 0.4) is 0 Å². The van der Waals surface area contributed by atoms with E-state index in [4.69, 9.17) is 4.74 Å². The zero-order valence-electron chi connectivity index (χ0n) is 16.7. The number of anilines is 1. The van der Waals surface area contributed by atoms with Crippen LogP contribution < -0.4 is 9.64 Å². The smallest absolute Gasteiger partial charge is 0.210 e. The highest BCUT2D eigenvalue weighted by molar-refractivity contribution is 6.12. The Kier molecular flexibility index (Phi) is 4.56. The second-order valence-corrected chi connectivity index (χ2v) is 7.24. The molecule has 0 aromatic heterocycles. The van der Waals surface area contributed by atoms with Crippen LogP contribution in [0, 0.1) is 0 Å². The number of hydrogen-bond acceptors (Lipinski definition) is 5. The average molecular weight is 395 g/mol. The number of para-hydroxylation sites is 1. The third-order valence-electron chi connectivity index (χ3n) is 5.37. The quantitative estimate of drug-likeness (QED) is 0.656. The van der Waals surface area contributed by atoms with Crippen molar-refractivity contribution in [3.63, 3.8) is 0 Å². The molecule has 0 amide bonds. The van der Waals surface area contributed by atoms with E-state index in [2.05, 4.69) is 41.4 Å². The molecule has 2 aliphatic rings. The number of guanidine groups is 1. The summed E-state index contributed by atoms with van der Waals surface area (Å²) < 4.78 is 5.56. The van der Waals surface area contributed by atoms with Gasteiger partial charge in [0.1, 0.15) is 12.3 Å². The first kappa shape index (κ1) is 18.2. The van der Waals surface area contributed by atoms with Gasteiger partial charge in [-0.1, -0.05) is 54.6 Å². The number of nitrogens with zero attached hydrogens (tertiary/aromatic N) is 3. The second kappa shape index (κ2) is 7.52. The number of ether oxygens (including phenoxy) is 1. The first-order chi connectivity index (χ1) is 14.7. The number of Topliss-reactive ketones (excluding diaryl/α,β-unsaturated/α-hetero) is 1. The van der Waals surface area contributed by atoms with Crippen molar-refractivity contribution in [3.8, 4) is 16.9 Å². The van der Waals surface area contributed by atoms with Gasteiger partial charge < -0.3 is 9.64 Å². The van der Waals surface area contributed by atoms with Crippen LogP contribution in [0.1, 0.15) is 5.56 Å². The fourth-order valence-corrected chi connectivity index (χ4v) is 3.90. The van der Waals surface area contributed by atoms with Crippen molar-refractivity contribution >= 4 is 23.1 Å². The van der Waals surface area contributed by atoms with Crippen molar-refractivity contribution in [1.82, 2.24) is 4.90 Å². The minimum atomic E-state index is 0.0980. The highest BCUT2D eigenvalue weighted by atomic mass is 16.5. The number of ketones is 1. The van der Waals surface area contributed by atoms with E-state index in [9.17, 15) is 4.79 Å². The van der Waals surface area contributed by atoms with Crippen molar-refractivity contribution in [2.75, 3.05) is 25.1 Å². The number of rotatable bonds is 4. The van der Waals surface area contributed by atoms with Crippen LogP contribution in [0.2, 0.25) is 0 Å². The van der Waals surface area contributed by atoms with Gasteiger partial charge in [-0.2, -0.15) is 0 Å². The fourth-order valence-electron chi connectivity index (χ4n) is 3.90. The van der Waals surface area contributed by atoms with E-state index in [1.54, 1.807) is 7.11 Å². The van der Waals surface area contributed by atoms with E-state index < -0.39 is 0 Å². The van der Waals surface area contributed by atoms with E-state index in [-0.39, 0.29) is 12.3 Å². The molecule has 148 valence electrons. The number of carbonyl (C=O) groups excluding carboxylic acids is 1. The maximum absolute atomic E-state index is 12.2. The van der Waals surface area contributed by atoms with Gasteiger partial charge in [-0.3, -0.25) is 9.69 Å². The summed E-state index contributed by atoms with van der Waals surface area (Å²) in [5, 5.41) is 0. The van der Waals surface area contributed by atoms with E-state index >= 15 is 0 Å². The molecular weight excluding hydrogens is 374 g/mol. The Morgan fingerprint density at radius 3 is 2.33 bits per heavy atom. The molecule has 0 saturated heterocycles. The molecular formula is C25H21N3O2. The van der Waals surface area contributed by atoms with Crippen LogP contribution in [-0.4, -0.2) is 36.8 Å². The average Bonchev–Trinajstić information content (AvgIpc) is 3.18. The number of fused-ring (bicyclic) bond motifs is 1. The van der Waals surface area contributed by atoms with Gasteiger partial charge in [0.05, 0.1) is 19.4 Å². The number of hydrogen-bond donors (Lipinski definition) is 0. The molecule has 0 N–H and O–H groups in total. The molecule has 3 aromatic rings. The molecule has 5 rings (SSSR count). The molecule has 2 aliphatic heterocycles. The van der Waals surface area contributed by atoms with E-state index in [1.165, 1.54) is 5.56 Å². The standard InChI is InChI=1S/C25H21N3O2/c1-30-24-10-6-5-9-22(24)23-17-27(25-26-15-21(29)16-28(23)25)20-13-11-19(12-14-20)18-7-3-2-4-8-18/h2-14,17H,15-16H2,1H3. The normalized spacial score (nSPS) is 15.6. The predicted octanol–water partition coefficient (Wildman–Crippen LogP) is 4.42. The van der Waals surface area contributed by atoms with Crippen LogP contribution in [-0.2, 0) is 4.79 Å². The molecule has 5 heteroatoms. The molecule has 0 fully saturated rings. The summed E-state index contributed by atoms with van der Waals surface area (Å²) in [6, 6.07) is 26.5. The summed E-state index contributed by atoms with van der Waals surface area (Å²) in [7, 11) is 1.66. The van der Waals surface area contributed by atoms with Gasteiger partial charge in [-0.25, -0.2) is 4.99 Å². The van der Waals surface area contributed by atoms with E-state index in [0.717, 1.165) is 34.2 Å². The Labute approximate surface area is 175 Å². The summed E-state index contributed by atoms with van der Waals surface area (Å²) in [6.07, 6.45) is 2.03. The van der Waals surface area contributed by atoms with Crippen LogP contribution in [0.4, 0.5) is 5.69 Å². The van der Waals surface area contributed by atoms with Crippen LogP contribution in [0.15, 0.2) is 90.1 Å². The number of benzene rings is 3. The summed E-state index contributed by atoms with van der Waals surface area (Å²) >= 11 is 0. The topological polar surface area (TPSA) is 45.1 Å². The molecule has 0 radical (unpaired) electrons. The Morgan fingerprint density at radius 1 is 0.867 bits per heavy atom. The minimum absolute atomic E-state index is 0.0980. The Hall–Kier alpha value is -3.86. The van der Waals surface area contributed by atoms with Crippen molar-refractivity contribution in [2.45, 2.75) is 0 Å². The maximum atomic E-state index is 12.2. The SMILES string of the molecule is COc1ccccc1C1=CN(c2ccc(-c3ccccc3)cc2)C2=NCC(=O)CN12. The van der Waals surface area contributed by atoms with Crippen molar-refractivity contribution < 1.29 is 9.53 Å². The molecule has 0 bridgehead atoms. The number of carbonyl (C=O) groups is 1. The summed E-state index contributed by atoms with van der Waals surface area (Å²) in [6.45, 7) is 0.513. The van der Waals surface area contributed by atoms with Crippen LogP contribution in [0.5, 0.6) is 5.75 Å². The zero-order valence-corrected chi connectivity index (χ0v) is 16.7. The van der Waals surface area contributed by atoms with Crippen LogP contribution in [0.25, 0.3) is 16.8 Å². The molecule has 2 heterocycles. The first-order valence-electron chi connectivity index (χ1n) is 9.88. The summed E-state index contributed by atoms with van der Waals surface area (Å²) in [4.78, 5) is 20.7. The Morgan fingerprint density at radius 2 is 1.57 bits per heavy atom. The molecule has 0 saturated carbocycles. The Bertz CT molecular complexity index is 1150. The first-order valence-corrected chi connectivity index (χ1v) is 9.88. The highest BCUT2D eigenvalue weighted by Gasteiger charge is 2.35. The van der Waals surface area contributed by atoms with Gasteiger partial charge in [-0.05, 0) is 35.4 Å². The number of aliphatic imine (C=N–C) groups is 1. The monoisotopic (exact) mass is 395 g/mol. The van der Waals surface area contributed by atoms with Crippen molar-refractivity contribution in [1.29, 1.82) is 0 Å². The number of methoxy groups -OCH3 is 1. The molecule has 3 aromatic carbocycles. The largest absolute Gasteiger partial charge is 0.496 e. The molecule has 5 nitrogen and oxygen atoms in total. The van der Waals surface area contributed by atoms with Gasteiger partial charge in [0.15, 0.2) is 5.78 Å². The lowest BCUT2D eigenvalue weighted by atomic mass is 10.1. The maximum Gasteiger partial charge on any atom is 0.210 e. The summed E-state index contributed by atoms with van der Waals surface area (Å²) in [5.41, 5.74) is 5.18. The molecule has 0 atom stereocenters. The van der Waals surface area contributed by atoms with Gasteiger partial charge in [0.25, 0.3) is 0 Å². The third-order valence-corrected chi connectivity index (χ3v) is 5.37. The highest BCUT2D eigenvalue weighted by Crippen LogP contribution is 2.36. The molecule has 0 aliphatic carbocycles. The van der Waals surface area contributed by atoms with Gasteiger partial charge in [-0.15, -0.1) is 0 Å². The predicted molar refractivity (Wildman–Crippen MR) is 119 cm³/mol. The Balaban J connectivity index is 1.55. The van der Waals surface area contributed by atoms with Gasteiger partial charge in [0, 0.05) is 17.5 Å². The summed E-state index contributed by atoms with van der Waals surface area (Å²) in [5.74, 6) is 1.63. The lowest BCUT2D eigenvalue weighted by molar-refractivity contribution is -0.118. The lowest BCUT2D eigenvalue weighted by Gasteiger charge is -2.28. The zero-order chi connectivity index (χ0) is 20.5. The van der Waals surface area contributed by atoms with Crippen molar-refractivity contribution in [2.24, 2.45) is 4.99 Å². The van der Waals surface area contributed by atoms with E-state index in [1.807, 2.05) is 58.5 Å². The third kappa shape index (κ3) is 3.14. The lowest BCUT2D eigenvalue weighted by Crippen LogP contribution is -2.42. The van der Waals surface area contributed by atoms with Crippen LogP contribution >= 0.6 is 0 Å². The molecule has 0 spiro atoms. The molecule has 30 heavy (non-hydrogen) atoms. The fraction of sp³-hybridized carbons (Fsp3) is 0.120. The van der Waals surface area contributed by atoms with E-state index in [0.29, 0.717) is 6.54 Å². The second-order valence-electron chi connectivity index (χ2n) is 7.24.